The number of ether oxygens (including phenoxy) is 2. The SMILES string of the molecule is C.C.COc1ccc(CNc2ncc(C#N)c3sc(I)cc23)cc1.COc1ccc(CNc2ncc(C#N)c3sc(N4CCCC4)cc23)cc1.NC(=O)c1cnc(N)c2cc(N3CCCC3)sc12.O=S(=O)(O)O. The van der Waals surface area contributed by atoms with Crippen LogP contribution in [0, 0.1) is 25.5 Å². The molecule has 1 amide bonds. The molecular weight excluding hydrogens is 1120 g/mol. The summed E-state index contributed by atoms with van der Waals surface area (Å²) < 4.78 is 45.9. The van der Waals surface area contributed by atoms with Gasteiger partial charge < -0.3 is 41.4 Å². The van der Waals surface area contributed by atoms with Gasteiger partial charge in [-0.05, 0) is 102 Å². The summed E-state index contributed by atoms with van der Waals surface area (Å²) in [5, 5.41) is 30.6. The maximum Gasteiger partial charge on any atom is 0.394 e. The van der Waals surface area contributed by atoms with E-state index in [1.54, 1.807) is 60.6 Å². The number of rotatable bonds is 11. The third-order valence-corrected chi connectivity index (χ3v) is 15.6. The Morgan fingerprint density at radius 1 is 0.699 bits per heavy atom. The van der Waals surface area contributed by atoms with Crippen molar-refractivity contribution in [1.29, 1.82) is 10.5 Å². The average Bonchev–Trinajstić information content (AvgIpc) is 4.23. The maximum atomic E-state index is 11.4. The number of benzene rings is 2. The number of thiophene rings is 3. The number of amides is 1. The summed E-state index contributed by atoms with van der Waals surface area (Å²) in [5.41, 5.74) is 15.2. The van der Waals surface area contributed by atoms with Crippen molar-refractivity contribution in [2.45, 2.75) is 53.6 Å². The summed E-state index contributed by atoms with van der Waals surface area (Å²) in [6, 6.07) is 26.6. The van der Waals surface area contributed by atoms with E-state index in [1.807, 2.05) is 54.6 Å². The van der Waals surface area contributed by atoms with Crippen LogP contribution >= 0.6 is 56.6 Å². The highest BCUT2D eigenvalue weighted by molar-refractivity contribution is 14.1. The second kappa shape index (κ2) is 26.4. The molecule has 2 saturated heterocycles. The van der Waals surface area contributed by atoms with Crippen molar-refractivity contribution >= 4 is 131 Å². The van der Waals surface area contributed by atoms with E-state index in [0.717, 1.165) is 98.6 Å². The third-order valence-electron chi connectivity index (χ3n) is 11.2. The number of nitrogens with two attached hydrogens (primary N) is 2. The monoisotopic (exact) mass is 1180 g/mol. The highest BCUT2D eigenvalue weighted by Gasteiger charge is 2.21. The minimum absolute atomic E-state index is 0. The molecule has 8 heterocycles. The number of hydrogen-bond donors (Lipinski definition) is 6. The van der Waals surface area contributed by atoms with Crippen molar-refractivity contribution in [3.05, 3.63) is 116 Å². The van der Waals surface area contributed by atoms with Crippen LogP contribution in [0.5, 0.6) is 11.5 Å². The van der Waals surface area contributed by atoms with Crippen LogP contribution in [0.15, 0.2) is 85.3 Å². The number of nitrogens with one attached hydrogen (secondary N) is 2. The van der Waals surface area contributed by atoms with E-state index < -0.39 is 16.3 Å². The van der Waals surface area contributed by atoms with Gasteiger partial charge in [0, 0.05) is 74.0 Å². The van der Waals surface area contributed by atoms with E-state index in [-0.39, 0.29) is 14.9 Å². The Kier molecular flexibility index (Phi) is 20.7. The number of hydrogen-bond acceptors (Lipinski definition) is 18. The van der Waals surface area contributed by atoms with Gasteiger partial charge in [0.15, 0.2) is 0 Å². The second-order valence-electron chi connectivity index (χ2n) is 15.9. The quantitative estimate of drug-likeness (QED) is 0.0518. The highest BCUT2D eigenvalue weighted by Crippen LogP contribution is 2.40. The topological polar surface area (TPSA) is 279 Å². The molecule has 2 aromatic carbocycles. The molecule has 8 N–H and O–H groups in total. The van der Waals surface area contributed by atoms with Crippen molar-refractivity contribution in [2.75, 3.05) is 66.6 Å². The van der Waals surface area contributed by atoms with Crippen LogP contribution in [0.1, 0.15) is 73.1 Å². The van der Waals surface area contributed by atoms with E-state index in [1.165, 1.54) is 36.9 Å². The lowest BCUT2D eigenvalue weighted by Crippen LogP contribution is -2.15. The lowest BCUT2D eigenvalue weighted by molar-refractivity contribution is 0.100. The Balaban J connectivity index is 0.000000194. The molecule has 6 aromatic heterocycles. The number of methoxy groups -OCH3 is 2. The van der Waals surface area contributed by atoms with Gasteiger partial charge in [-0.15, -0.1) is 34.0 Å². The van der Waals surface area contributed by atoms with Gasteiger partial charge in [0.1, 0.15) is 41.1 Å². The fourth-order valence-electron chi connectivity index (χ4n) is 7.70. The van der Waals surface area contributed by atoms with Crippen molar-refractivity contribution < 1.29 is 31.8 Å². The summed E-state index contributed by atoms with van der Waals surface area (Å²) in [6.45, 7) is 5.66. The van der Waals surface area contributed by atoms with Gasteiger partial charge in [-0.25, -0.2) is 15.0 Å². The van der Waals surface area contributed by atoms with Crippen LogP contribution in [0.4, 0.5) is 27.5 Å². The van der Waals surface area contributed by atoms with Crippen molar-refractivity contribution in [3.63, 3.8) is 0 Å². The summed E-state index contributed by atoms with van der Waals surface area (Å²) in [4.78, 5) is 29.0. The molecule has 0 unspecified atom stereocenters. The number of halogens is 1. The molecule has 8 aromatic rings. The molecule has 0 radical (unpaired) electrons. The number of primary amides is 1. The molecule has 23 heteroatoms. The molecule has 0 bridgehead atoms. The molecule has 2 fully saturated rings. The summed E-state index contributed by atoms with van der Waals surface area (Å²) in [5.74, 6) is 3.33. The molecule has 2 aliphatic heterocycles. The highest BCUT2D eigenvalue weighted by atomic mass is 127. The van der Waals surface area contributed by atoms with E-state index in [4.69, 9.17) is 38.5 Å². The summed E-state index contributed by atoms with van der Waals surface area (Å²) in [6.07, 6.45) is 9.66. The van der Waals surface area contributed by atoms with Gasteiger partial charge >= 0.3 is 10.4 Å². The molecule has 0 spiro atoms. The number of fused-ring (bicyclic) bond motifs is 3. The second-order valence-corrected chi connectivity index (χ2v) is 21.8. The minimum atomic E-state index is -4.67. The van der Waals surface area contributed by atoms with Crippen molar-refractivity contribution in [2.24, 2.45) is 5.73 Å². The predicted molar refractivity (Wildman–Crippen MR) is 305 cm³/mol. The Hall–Kier alpha value is -6.58. The third kappa shape index (κ3) is 15.0. The van der Waals surface area contributed by atoms with Gasteiger partial charge in [0.2, 0.25) is 0 Å². The van der Waals surface area contributed by atoms with Crippen LogP contribution in [0.3, 0.4) is 0 Å². The van der Waals surface area contributed by atoms with Gasteiger partial charge in [-0.2, -0.15) is 18.9 Å². The zero-order valence-corrected chi connectivity index (χ0v) is 43.8. The molecule has 0 atom stereocenters. The lowest BCUT2D eigenvalue weighted by Gasteiger charge is -2.13. The fourth-order valence-corrected chi connectivity index (χ4v) is 11.9. The van der Waals surface area contributed by atoms with E-state index >= 15 is 0 Å². The summed E-state index contributed by atoms with van der Waals surface area (Å²) >= 11 is 7.14. The molecule has 0 saturated carbocycles. The van der Waals surface area contributed by atoms with Crippen LogP contribution in [-0.2, 0) is 23.5 Å². The number of nitrogens with zero attached hydrogens (tertiary/aromatic N) is 7. The minimum Gasteiger partial charge on any atom is -0.497 e. The van der Waals surface area contributed by atoms with Crippen LogP contribution in [-0.4, -0.2) is 78.8 Å². The van der Waals surface area contributed by atoms with E-state index in [2.05, 4.69) is 82.2 Å². The molecule has 384 valence electrons. The number of carbonyl (C=O) groups excluding carboxylic acids is 1. The van der Waals surface area contributed by atoms with Gasteiger partial charge in [-0.1, -0.05) is 39.1 Å². The van der Waals surface area contributed by atoms with Crippen LogP contribution in [0.2, 0.25) is 0 Å². The first kappa shape index (κ1) is 57.3. The molecule has 10 rings (SSSR count). The Bertz CT molecular complexity index is 3340. The number of nitriles is 2. The van der Waals surface area contributed by atoms with Crippen LogP contribution < -0.4 is 41.4 Å². The van der Waals surface area contributed by atoms with E-state index in [9.17, 15) is 15.3 Å². The first-order chi connectivity index (χ1) is 34.2. The molecule has 0 aliphatic carbocycles. The number of pyridine rings is 3. The number of nitrogen functional groups attached to an aromatic ring is 1. The zero-order chi connectivity index (χ0) is 50.7. The lowest BCUT2D eigenvalue weighted by atomic mass is 10.2. The predicted octanol–water partition coefficient (Wildman–Crippen LogP) is 11.0. The first-order valence-corrected chi connectivity index (χ1v) is 26.8. The Morgan fingerprint density at radius 2 is 1.11 bits per heavy atom. The largest absolute Gasteiger partial charge is 0.497 e. The molecule has 2 aliphatic rings. The molecular formula is C50H56IN11O7S4. The standard InChI is InChI=1S/C20H20N4OS.C16H12IN3OS.C12H14N4OS.2CH4.H2O4S/c1-25-16-6-4-14(5-7-16)12-22-20-17-10-18(24-8-2-3-9-24)26-19(17)15(11-21)13-23-20;1-21-12-4-2-10(3-5-12)8-19-16-13-6-14(17)22-15(13)11(7-18)9-20-16;13-11-7-5-9(16-3-1-2-4-16)18-10(7)8(6-15-11)12(14)17;;;1-5(2,3)4/h4-7,10,13H,2-3,8-9,12H2,1H3,(H,22,23);2-6,9H,8H2,1H3,(H,19,20);5-6H,1-4H2,(H2,13,15)(H2,14,17);2*1H4;(H2,1,2,3,4). The number of carbonyl (C=O) groups is 1. The van der Waals surface area contributed by atoms with Crippen molar-refractivity contribution in [3.8, 4) is 23.6 Å². The average molecular weight is 1180 g/mol. The Labute approximate surface area is 450 Å². The fraction of sp³-hybridized carbons (Fsp3) is 0.280. The van der Waals surface area contributed by atoms with E-state index in [0.29, 0.717) is 35.6 Å². The van der Waals surface area contributed by atoms with Gasteiger partial charge in [0.25, 0.3) is 5.91 Å². The normalized spacial score (nSPS) is 12.6. The van der Waals surface area contributed by atoms with Gasteiger partial charge in [0.05, 0.1) is 57.9 Å². The van der Waals surface area contributed by atoms with Crippen LogP contribution in [0.25, 0.3) is 30.3 Å². The Morgan fingerprint density at radius 3 is 1.53 bits per heavy atom. The summed E-state index contributed by atoms with van der Waals surface area (Å²) in [7, 11) is -1.35. The van der Waals surface area contributed by atoms with Gasteiger partial charge in [-0.3, -0.25) is 13.9 Å². The zero-order valence-electron chi connectivity index (χ0n) is 38.4. The van der Waals surface area contributed by atoms with Crippen molar-refractivity contribution in [1.82, 2.24) is 15.0 Å². The molecule has 73 heavy (non-hydrogen) atoms. The first-order valence-electron chi connectivity index (χ1n) is 21.9. The molecule has 18 nitrogen and oxygen atoms in total. The number of aromatic nitrogens is 3. The maximum absolute atomic E-state index is 11.4. The number of anilines is 5. The smallest absolute Gasteiger partial charge is 0.394 e.